The number of hydrogen-bond acceptors (Lipinski definition) is 5. The maximum atomic E-state index is 4.25. The van der Waals surface area contributed by atoms with Crippen LogP contribution in [0.1, 0.15) is 13.3 Å². The molecule has 2 aromatic rings. The van der Waals surface area contributed by atoms with Crippen molar-refractivity contribution in [1.82, 2.24) is 20.0 Å². The molecule has 0 aliphatic carbocycles. The van der Waals surface area contributed by atoms with Gasteiger partial charge in [0.15, 0.2) is 5.01 Å². The zero-order valence-electron chi connectivity index (χ0n) is 8.77. The van der Waals surface area contributed by atoms with Crippen LogP contribution >= 0.6 is 11.3 Å². The standard InChI is InChI=1S/C9H13N5S/c1-3-4-14-6-7(5-11-14)8-12-13-9(10-2)15-8/h5-6H,3-4H2,1-2H3,(H,10,13). The number of anilines is 1. The van der Waals surface area contributed by atoms with Crippen molar-refractivity contribution in [3.05, 3.63) is 12.4 Å². The van der Waals surface area contributed by atoms with Gasteiger partial charge in [-0.25, -0.2) is 0 Å². The molecular formula is C9H13N5S. The number of aryl methyl sites for hydroxylation is 1. The van der Waals surface area contributed by atoms with Gasteiger partial charge in [0.2, 0.25) is 5.13 Å². The van der Waals surface area contributed by atoms with E-state index in [4.69, 9.17) is 0 Å². The number of nitrogens with one attached hydrogen (secondary N) is 1. The van der Waals surface area contributed by atoms with E-state index in [0.717, 1.165) is 28.7 Å². The van der Waals surface area contributed by atoms with Crippen molar-refractivity contribution < 1.29 is 0 Å². The molecule has 2 rings (SSSR count). The Kier molecular flexibility index (Phi) is 2.96. The summed E-state index contributed by atoms with van der Waals surface area (Å²) in [4.78, 5) is 0. The van der Waals surface area contributed by atoms with Crippen molar-refractivity contribution in [2.75, 3.05) is 12.4 Å². The molecule has 5 nitrogen and oxygen atoms in total. The molecule has 0 unspecified atom stereocenters. The minimum atomic E-state index is 0.827. The maximum Gasteiger partial charge on any atom is 0.205 e. The van der Waals surface area contributed by atoms with Crippen molar-refractivity contribution >= 4 is 16.5 Å². The molecule has 0 saturated carbocycles. The fourth-order valence-electron chi connectivity index (χ4n) is 1.27. The highest BCUT2D eigenvalue weighted by Crippen LogP contribution is 2.25. The second-order valence-electron chi connectivity index (χ2n) is 3.15. The molecule has 0 amide bonds. The highest BCUT2D eigenvalue weighted by molar-refractivity contribution is 7.18. The Labute approximate surface area is 92.2 Å². The SMILES string of the molecule is CCCn1cc(-c2nnc(NC)s2)cn1. The lowest BCUT2D eigenvalue weighted by Gasteiger charge is -1.93. The van der Waals surface area contributed by atoms with Gasteiger partial charge in [-0.15, -0.1) is 10.2 Å². The van der Waals surface area contributed by atoms with Gasteiger partial charge in [0, 0.05) is 19.8 Å². The van der Waals surface area contributed by atoms with Gasteiger partial charge in [0.05, 0.1) is 11.8 Å². The van der Waals surface area contributed by atoms with Crippen molar-refractivity contribution in [1.29, 1.82) is 0 Å². The van der Waals surface area contributed by atoms with Crippen LogP contribution < -0.4 is 5.32 Å². The van der Waals surface area contributed by atoms with E-state index in [2.05, 4.69) is 27.5 Å². The van der Waals surface area contributed by atoms with E-state index < -0.39 is 0 Å². The first-order valence-electron chi connectivity index (χ1n) is 4.87. The van der Waals surface area contributed by atoms with E-state index in [1.807, 2.05) is 24.1 Å². The number of aromatic nitrogens is 4. The molecule has 0 bridgehead atoms. The zero-order chi connectivity index (χ0) is 10.7. The molecule has 0 aliphatic heterocycles. The van der Waals surface area contributed by atoms with Crippen LogP contribution in [0.15, 0.2) is 12.4 Å². The van der Waals surface area contributed by atoms with Crippen LogP contribution in [0.3, 0.4) is 0 Å². The summed E-state index contributed by atoms with van der Waals surface area (Å²) in [5.41, 5.74) is 1.03. The maximum absolute atomic E-state index is 4.25. The molecule has 0 atom stereocenters. The number of nitrogens with zero attached hydrogens (tertiary/aromatic N) is 4. The molecule has 0 spiro atoms. The third-order valence-electron chi connectivity index (χ3n) is 1.97. The molecule has 0 radical (unpaired) electrons. The van der Waals surface area contributed by atoms with Gasteiger partial charge in [-0.05, 0) is 6.42 Å². The Morgan fingerprint density at radius 3 is 3.00 bits per heavy atom. The first kappa shape index (κ1) is 10.1. The highest BCUT2D eigenvalue weighted by Gasteiger charge is 2.07. The Balaban J connectivity index is 2.21. The Hall–Kier alpha value is -1.43. The quantitative estimate of drug-likeness (QED) is 0.859. The van der Waals surface area contributed by atoms with Crippen molar-refractivity contribution in [2.24, 2.45) is 0 Å². The van der Waals surface area contributed by atoms with E-state index in [1.54, 1.807) is 0 Å². The summed E-state index contributed by atoms with van der Waals surface area (Å²) in [5, 5.41) is 17.0. The van der Waals surface area contributed by atoms with Crippen LogP contribution in [-0.2, 0) is 6.54 Å². The molecule has 2 heterocycles. The molecule has 0 saturated heterocycles. The lowest BCUT2D eigenvalue weighted by molar-refractivity contribution is 0.603. The number of hydrogen-bond donors (Lipinski definition) is 1. The van der Waals surface area contributed by atoms with Gasteiger partial charge >= 0.3 is 0 Å². The van der Waals surface area contributed by atoms with Gasteiger partial charge in [0.25, 0.3) is 0 Å². The van der Waals surface area contributed by atoms with Crippen LogP contribution in [0.5, 0.6) is 0 Å². The minimum absolute atomic E-state index is 0.827. The highest BCUT2D eigenvalue weighted by atomic mass is 32.1. The van der Waals surface area contributed by atoms with Crippen LogP contribution in [0.25, 0.3) is 10.6 Å². The van der Waals surface area contributed by atoms with Crippen LogP contribution in [0.4, 0.5) is 5.13 Å². The van der Waals surface area contributed by atoms with E-state index in [0.29, 0.717) is 0 Å². The first-order valence-corrected chi connectivity index (χ1v) is 5.69. The fraction of sp³-hybridized carbons (Fsp3) is 0.444. The molecule has 0 fully saturated rings. The van der Waals surface area contributed by atoms with Gasteiger partial charge in [-0.1, -0.05) is 18.3 Å². The minimum Gasteiger partial charge on any atom is -0.363 e. The van der Waals surface area contributed by atoms with E-state index >= 15 is 0 Å². The Morgan fingerprint density at radius 1 is 1.47 bits per heavy atom. The lowest BCUT2D eigenvalue weighted by Crippen LogP contribution is -1.95. The van der Waals surface area contributed by atoms with Gasteiger partial charge in [-0.2, -0.15) is 5.10 Å². The van der Waals surface area contributed by atoms with E-state index in [1.165, 1.54) is 11.3 Å². The van der Waals surface area contributed by atoms with Crippen LogP contribution in [0, 0.1) is 0 Å². The summed E-state index contributed by atoms with van der Waals surface area (Å²) in [6.45, 7) is 3.07. The third kappa shape index (κ3) is 2.15. The van der Waals surface area contributed by atoms with E-state index in [9.17, 15) is 0 Å². The molecular weight excluding hydrogens is 210 g/mol. The second-order valence-corrected chi connectivity index (χ2v) is 4.13. The van der Waals surface area contributed by atoms with E-state index in [-0.39, 0.29) is 0 Å². The summed E-state index contributed by atoms with van der Waals surface area (Å²) in [5.74, 6) is 0. The smallest absolute Gasteiger partial charge is 0.205 e. The molecule has 2 aromatic heterocycles. The summed E-state index contributed by atoms with van der Waals surface area (Å²) in [6.07, 6.45) is 4.91. The first-order chi connectivity index (χ1) is 7.33. The summed E-state index contributed by atoms with van der Waals surface area (Å²) in [6, 6.07) is 0. The van der Waals surface area contributed by atoms with Crippen molar-refractivity contribution in [3.63, 3.8) is 0 Å². The topological polar surface area (TPSA) is 55.6 Å². The Morgan fingerprint density at radius 2 is 2.33 bits per heavy atom. The summed E-state index contributed by atoms with van der Waals surface area (Å²) in [7, 11) is 1.84. The lowest BCUT2D eigenvalue weighted by atomic mass is 10.4. The molecule has 1 N–H and O–H groups in total. The average molecular weight is 223 g/mol. The second kappa shape index (κ2) is 4.39. The normalized spacial score (nSPS) is 10.5. The van der Waals surface area contributed by atoms with Crippen molar-refractivity contribution in [3.8, 4) is 10.6 Å². The molecule has 6 heteroatoms. The van der Waals surface area contributed by atoms with Gasteiger partial charge in [-0.3, -0.25) is 4.68 Å². The molecule has 0 aromatic carbocycles. The Bertz CT molecular complexity index is 433. The average Bonchev–Trinajstić information content (AvgIpc) is 2.85. The summed E-state index contributed by atoms with van der Waals surface area (Å²) < 4.78 is 1.93. The zero-order valence-corrected chi connectivity index (χ0v) is 9.58. The van der Waals surface area contributed by atoms with Gasteiger partial charge < -0.3 is 5.32 Å². The molecule has 80 valence electrons. The van der Waals surface area contributed by atoms with Crippen LogP contribution in [-0.4, -0.2) is 27.0 Å². The molecule has 0 aliphatic rings. The predicted molar refractivity (Wildman–Crippen MR) is 61.0 cm³/mol. The monoisotopic (exact) mass is 223 g/mol. The summed E-state index contributed by atoms with van der Waals surface area (Å²) >= 11 is 1.53. The number of rotatable bonds is 4. The van der Waals surface area contributed by atoms with Gasteiger partial charge in [0.1, 0.15) is 0 Å². The van der Waals surface area contributed by atoms with Crippen molar-refractivity contribution in [2.45, 2.75) is 19.9 Å². The predicted octanol–water partition coefficient (Wildman–Crippen LogP) is 1.85. The molecule has 15 heavy (non-hydrogen) atoms. The third-order valence-corrected chi connectivity index (χ3v) is 2.96. The van der Waals surface area contributed by atoms with Crippen LogP contribution in [0.2, 0.25) is 0 Å². The fourth-order valence-corrected chi connectivity index (χ4v) is 1.94. The largest absolute Gasteiger partial charge is 0.363 e.